The molecule has 136 valence electrons. The molecule has 8 heteroatoms. The Morgan fingerprint density at radius 1 is 1.19 bits per heavy atom. The smallest absolute Gasteiger partial charge is 0.265 e. The first kappa shape index (κ1) is 18.0. The number of aromatic nitrogens is 4. The van der Waals surface area contributed by atoms with Crippen molar-refractivity contribution in [2.24, 2.45) is 0 Å². The molecule has 0 saturated heterocycles. The zero-order chi connectivity index (χ0) is 18.7. The molecule has 7 nitrogen and oxygen atoms in total. The van der Waals surface area contributed by atoms with Gasteiger partial charge in [-0.15, -0.1) is 5.10 Å². The number of carbonyl (C=O) groups is 1. The second-order valence-corrected chi connectivity index (χ2v) is 6.52. The number of halogens is 1. The van der Waals surface area contributed by atoms with Gasteiger partial charge in [0, 0.05) is 12.2 Å². The summed E-state index contributed by atoms with van der Waals surface area (Å²) in [7, 11) is 0. The SMILES string of the molecule is CC(C)n1cc(NC(=O)[C@@H](C)Oc2nn(-c3ccccc3)cc2Cl)cn1. The van der Waals surface area contributed by atoms with E-state index < -0.39 is 6.10 Å². The van der Waals surface area contributed by atoms with E-state index >= 15 is 0 Å². The molecule has 0 unspecified atom stereocenters. The van der Waals surface area contributed by atoms with Gasteiger partial charge >= 0.3 is 0 Å². The predicted octanol–water partition coefficient (Wildman–Crippen LogP) is 3.71. The van der Waals surface area contributed by atoms with Crippen LogP contribution in [0.1, 0.15) is 26.8 Å². The highest BCUT2D eigenvalue weighted by molar-refractivity contribution is 6.31. The summed E-state index contributed by atoms with van der Waals surface area (Å²) < 4.78 is 9.00. The number of ether oxygens (including phenoxy) is 1. The first-order chi connectivity index (χ1) is 12.4. The van der Waals surface area contributed by atoms with Crippen LogP contribution in [-0.4, -0.2) is 31.6 Å². The number of nitrogens with one attached hydrogen (secondary N) is 1. The van der Waals surface area contributed by atoms with E-state index in [1.54, 1.807) is 34.9 Å². The Morgan fingerprint density at radius 2 is 1.92 bits per heavy atom. The van der Waals surface area contributed by atoms with Crippen LogP contribution in [0, 0.1) is 0 Å². The zero-order valence-corrected chi connectivity index (χ0v) is 15.5. The molecule has 0 radical (unpaired) electrons. The van der Waals surface area contributed by atoms with Crippen LogP contribution in [0.25, 0.3) is 5.69 Å². The van der Waals surface area contributed by atoms with Crippen molar-refractivity contribution in [2.45, 2.75) is 32.9 Å². The molecule has 1 amide bonds. The molecule has 26 heavy (non-hydrogen) atoms. The lowest BCUT2D eigenvalue weighted by Crippen LogP contribution is -2.30. The first-order valence-corrected chi connectivity index (χ1v) is 8.64. The van der Waals surface area contributed by atoms with Crippen molar-refractivity contribution in [3.63, 3.8) is 0 Å². The van der Waals surface area contributed by atoms with Crippen LogP contribution in [0.3, 0.4) is 0 Å². The van der Waals surface area contributed by atoms with E-state index in [9.17, 15) is 4.79 Å². The van der Waals surface area contributed by atoms with Gasteiger partial charge in [0.1, 0.15) is 5.02 Å². The van der Waals surface area contributed by atoms with Gasteiger partial charge in [0.25, 0.3) is 11.8 Å². The Labute approximate surface area is 156 Å². The normalized spacial score (nSPS) is 12.2. The van der Waals surface area contributed by atoms with Crippen molar-refractivity contribution < 1.29 is 9.53 Å². The predicted molar refractivity (Wildman–Crippen MR) is 99.9 cm³/mol. The van der Waals surface area contributed by atoms with E-state index in [2.05, 4.69) is 15.5 Å². The Hall–Kier alpha value is -2.80. The summed E-state index contributed by atoms with van der Waals surface area (Å²) in [6.07, 6.45) is 4.24. The highest BCUT2D eigenvalue weighted by Crippen LogP contribution is 2.25. The number of benzene rings is 1. The van der Waals surface area contributed by atoms with Crippen LogP contribution in [0.15, 0.2) is 48.9 Å². The lowest BCUT2D eigenvalue weighted by Gasteiger charge is -2.12. The molecule has 0 saturated carbocycles. The number of hydrogen-bond donors (Lipinski definition) is 1. The summed E-state index contributed by atoms with van der Waals surface area (Å²) in [6.45, 7) is 5.66. The van der Waals surface area contributed by atoms with Crippen molar-refractivity contribution in [1.82, 2.24) is 19.6 Å². The number of amides is 1. The van der Waals surface area contributed by atoms with Gasteiger partial charge in [0.05, 0.1) is 23.8 Å². The Bertz CT molecular complexity index is 888. The van der Waals surface area contributed by atoms with Gasteiger partial charge in [-0.25, -0.2) is 4.68 Å². The van der Waals surface area contributed by atoms with Gasteiger partial charge in [-0.2, -0.15) is 5.10 Å². The van der Waals surface area contributed by atoms with Crippen molar-refractivity contribution >= 4 is 23.2 Å². The Balaban J connectivity index is 1.66. The zero-order valence-electron chi connectivity index (χ0n) is 14.8. The highest BCUT2D eigenvalue weighted by atomic mass is 35.5. The summed E-state index contributed by atoms with van der Waals surface area (Å²) >= 11 is 6.19. The largest absolute Gasteiger partial charge is 0.462 e. The number of anilines is 1. The van der Waals surface area contributed by atoms with E-state index in [0.29, 0.717) is 10.7 Å². The number of para-hydroxylation sites is 1. The standard InChI is InChI=1S/C18H20ClN5O2/c1-12(2)23-10-14(9-20-23)21-17(25)13(3)26-18-16(19)11-24(22-18)15-7-5-4-6-8-15/h4-13H,1-3H3,(H,21,25)/t13-/m1/s1. The van der Waals surface area contributed by atoms with E-state index in [1.165, 1.54) is 0 Å². The molecule has 0 aliphatic rings. The van der Waals surface area contributed by atoms with Crippen LogP contribution in [-0.2, 0) is 4.79 Å². The van der Waals surface area contributed by atoms with Gasteiger partial charge in [0.15, 0.2) is 6.10 Å². The van der Waals surface area contributed by atoms with Gasteiger partial charge in [-0.05, 0) is 32.9 Å². The molecule has 0 aliphatic heterocycles. The molecular weight excluding hydrogens is 354 g/mol. The van der Waals surface area contributed by atoms with Gasteiger partial charge in [0.2, 0.25) is 0 Å². The first-order valence-electron chi connectivity index (χ1n) is 8.26. The average molecular weight is 374 g/mol. The molecule has 1 N–H and O–H groups in total. The number of carbonyl (C=O) groups excluding carboxylic acids is 1. The molecule has 2 aromatic heterocycles. The minimum absolute atomic E-state index is 0.205. The van der Waals surface area contributed by atoms with Gasteiger partial charge in [-0.3, -0.25) is 9.48 Å². The Kier molecular flexibility index (Phi) is 5.27. The van der Waals surface area contributed by atoms with E-state index in [4.69, 9.17) is 16.3 Å². The number of nitrogens with zero attached hydrogens (tertiary/aromatic N) is 4. The minimum Gasteiger partial charge on any atom is -0.462 e. The molecule has 2 heterocycles. The van der Waals surface area contributed by atoms with E-state index in [0.717, 1.165) is 5.69 Å². The summed E-state index contributed by atoms with van der Waals surface area (Å²) in [5.41, 5.74) is 1.46. The van der Waals surface area contributed by atoms with Crippen LogP contribution < -0.4 is 10.1 Å². The van der Waals surface area contributed by atoms with E-state index in [-0.39, 0.29) is 17.8 Å². The summed E-state index contributed by atoms with van der Waals surface area (Å²) in [4.78, 5) is 12.3. The second-order valence-electron chi connectivity index (χ2n) is 6.11. The van der Waals surface area contributed by atoms with Gasteiger partial charge < -0.3 is 10.1 Å². The van der Waals surface area contributed by atoms with Crippen LogP contribution in [0.4, 0.5) is 5.69 Å². The van der Waals surface area contributed by atoms with Gasteiger partial charge in [-0.1, -0.05) is 29.8 Å². The number of hydrogen-bond acceptors (Lipinski definition) is 4. The molecule has 0 spiro atoms. The molecule has 0 aliphatic carbocycles. The summed E-state index contributed by atoms with van der Waals surface area (Å²) in [5, 5.41) is 11.6. The van der Waals surface area contributed by atoms with Crippen LogP contribution in [0.5, 0.6) is 5.88 Å². The fourth-order valence-electron chi connectivity index (χ4n) is 2.28. The fraction of sp³-hybridized carbons (Fsp3) is 0.278. The molecular formula is C18H20ClN5O2. The summed E-state index contributed by atoms with van der Waals surface area (Å²) in [6, 6.07) is 9.73. The van der Waals surface area contributed by atoms with Crippen molar-refractivity contribution in [3.05, 3.63) is 53.9 Å². The summed E-state index contributed by atoms with van der Waals surface area (Å²) in [5.74, 6) is -0.102. The van der Waals surface area contributed by atoms with Crippen LogP contribution in [0.2, 0.25) is 5.02 Å². The maximum absolute atomic E-state index is 12.3. The quantitative estimate of drug-likeness (QED) is 0.714. The third kappa shape index (κ3) is 4.05. The van der Waals surface area contributed by atoms with E-state index in [1.807, 2.05) is 44.2 Å². The molecule has 1 aromatic carbocycles. The molecule has 1 atom stereocenters. The topological polar surface area (TPSA) is 74.0 Å². The lowest BCUT2D eigenvalue weighted by atomic mass is 10.3. The third-order valence-corrected chi connectivity index (χ3v) is 3.97. The van der Waals surface area contributed by atoms with Crippen molar-refractivity contribution in [1.29, 1.82) is 0 Å². The number of rotatable bonds is 6. The fourth-order valence-corrected chi connectivity index (χ4v) is 2.45. The maximum atomic E-state index is 12.3. The monoisotopic (exact) mass is 373 g/mol. The molecule has 3 aromatic rings. The second kappa shape index (κ2) is 7.61. The Morgan fingerprint density at radius 3 is 2.58 bits per heavy atom. The van der Waals surface area contributed by atoms with Crippen molar-refractivity contribution in [3.8, 4) is 11.6 Å². The van der Waals surface area contributed by atoms with Crippen LogP contribution >= 0.6 is 11.6 Å². The third-order valence-electron chi connectivity index (χ3n) is 3.71. The molecule has 0 fully saturated rings. The lowest BCUT2D eigenvalue weighted by molar-refractivity contribution is -0.122. The molecule has 3 rings (SSSR count). The molecule has 0 bridgehead atoms. The minimum atomic E-state index is -0.769. The average Bonchev–Trinajstić information content (AvgIpc) is 3.23. The highest BCUT2D eigenvalue weighted by Gasteiger charge is 2.19. The maximum Gasteiger partial charge on any atom is 0.265 e. The van der Waals surface area contributed by atoms with Crippen molar-refractivity contribution in [2.75, 3.05) is 5.32 Å².